The van der Waals surface area contributed by atoms with Crippen LogP contribution in [-0.4, -0.2) is 40.4 Å². The van der Waals surface area contributed by atoms with E-state index in [1.807, 2.05) is 66.1 Å². The predicted molar refractivity (Wildman–Crippen MR) is 119 cm³/mol. The van der Waals surface area contributed by atoms with Crippen molar-refractivity contribution in [2.24, 2.45) is 0 Å². The second-order valence-corrected chi connectivity index (χ2v) is 8.52. The van der Waals surface area contributed by atoms with Gasteiger partial charge in [0, 0.05) is 46.4 Å². The zero-order valence-electron chi connectivity index (χ0n) is 16.2. The SMILES string of the molecule is Cc1c(NCc2ncc(-c3ccc(Cl)cc3)o2)cccc1C(=O)N1CCSCC1. The fraction of sp³-hybridized carbons (Fsp3) is 0.273. The first kappa shape index (κ1) is 19.9. The molecule has 1 fully saturated rings. The molecule has 1 amide bonds. The van der Waals surface area contributed by atoms with Crippen molar-refractivity contribution >= 4 is 35.0 Å². The van der Waals surface area contributed by atoms with E-state index in [-0.39, 0.29) is 5.91 Å². The van der Waals surface area contributed by atoms with Crippen LogP contribution in [0.5, 0.6) is 0 Å². The van der Waals surface area contributed by atoms with Crippen LogP contribution >= 0.6 is 23.4 Å². The number of anilines is 1. The van der Waals surface area contributed by atoms with Gasteiger partial charge in [-0.2, -0.15) is 11.8 Å². The molecule has 1 saturated heterocycles. The van der Waals surface area contributed by atoms with Gasteiger partial charge in [-0.05, 0) is 48.9 Å². The van der Waals surface area contributed by atoms with Crippen molar-refractivity contribution in [3.63, 3.8) is 0 Å². The minimum absolute atomic E-state index is 0.104. The average Bonchev–Trinajstić information content (AvgIpc) is 3.23. The van der Waals surface area contributed by atoms with Gasteiger partial charge in [-0.25, -0.2) is 4.98 Å². The van der Waals surface area contributed by atoms with Crippen molar-refractivity contribution in [2.75, 3.05) is 29.9 Å². The second-order valence-electron chi connectivity index (χ2n) is 6.86. The Bertz CT molecular complexity index is 998. The van der Waals surface area contributed by atoms with E-state index in [2.05, 4.69) is 10.3 Å². The van der Waals surface area contributed by atoms with E-state index in [1.54, 1.807) is 6.20 Å². The molecule has 0 unspecified atom stereocenters. The van der Waals surface area contributed by atoms with Crippen LogP contribution < -0.4 is 5.32 Å². The van der Waals surface area contributed by atoms with Gasteiger partial charge in [0.05, 0.1) is 12.7 Å². The highest BCUT2D eigenvalue weighted by molar-refractivity contribution is 7.99. The Balaban J connectivity index is 1.45. The van der Waals surface area contributed by atoms with E-state index < -0.39 is 0 Å². The number of carbonyl (C=O) groups excluding carboxylic acids is 1. The first-order chi connectivity index (χ1) is 14.1. The lowest BCUT2D eigenvalue weighted by molar-refractivity contribution is 0.0771. The molecule has 0 aliphatic carbocycles. The summed E-state index contributed by atoms with van der Waals surface area (Å²) in [5.74, 6) is 3.39. The Hall–Kier alpha value is -2.44. The number of nitrogens with one attached hydrogen (secondary N) is 1. The normalized spacial score (nSPS) is 14.1. The van der Waals surface area contributed by atoms with E-state index in [0.717, 1.165) is 47.0 Å². The maximum absolute atomic E-state index is 12.9. The van der Waals surface area contributed by atoms with Crippen molar-refractivity contribution in [1.82, 2.24) is 9.88 Å². The molecule has 0 spiro atoms. The number of thioether (sulfide) groups is 1. The molecule has 7 heteroatoms. The van der Waals surface area contributed by atoms with Crippen LogP contribution in [0.15, 0.2) is 53.1 Å². The number of nitrogens with zero attached hydrogens (tertiary/aromatic N) is 2. The first-order valence-electron chi connectivity index (χ1n) is 9.53. The minimum atomic E-state index is 0.104. The molecule has 1 aliphatic rings. The van der Waals surface area contributed by atoms with E-state index in [1.165, 1.54) is 0 Å². The number of hydrogen-bond acceptors (Lipinski definition) is 5. The molecular formula is C22H22ClN3O2S. The Kier molecular flexibility index (Phi) is 6.11. The molecule has 29 heavy (non-hydrogen) atoms. The third-order valence-electron chi connectivity index (χ3n) is 4.97. The summed E-state index contributed by atoms with van der Waals surface area (Å²) in [6, 6.07) is 13.2. The van der Waals surface area contributed by atoms with Gasteiger partial charge in [0.15, 0.2) is 5.76 Å². The van der Waals surface area contributed by atoms with Gasteiger partial charge in [0.1, 0.15) is 0 Å². The summed E-state index contributed by atoms with van der Waals surface area (Å²) < 4.78 is 5.85. The van der Waals surface area contributed by atoms with Crippen molar-refractivity contribution in [1.29, 1.82) is 0 Å². The fourth-order valence-electron chi connectivity index (χ4n) is 3.31. The zero-order valence-corrected chi connectivity index (χ0v) is 17.7. The summed E-state index contributed by atoms with van der Waals surface area (Å²) in [5, 5.41) is 4.03. The van der Waals surface area contributed by atoms with Crippen molar-refractivity contribution in [3.8, 4) is 11.3 Å². The van der Waals surface area contributed by atoms with Gasteiger partial charge < -0.3 is 14.6 Å². The van der Waals surface area contributed by atoms with Crippen LogP contribution in [0.2, 0.25) is 5.02 Å². The molecule has 2 aromatic carbocycles. The maximum atomic E-state index is 12.9. The van der Waals surface area contributed by atoms with Crippen LogP contribution in [0.4, 0.5) is 5.69 Å². The Labute approximate surface area is 179 Å². The number of hydrogen-bond donors (Lipinski definition) is 1. The lowest BCUT2D eigenvalue weighted by Crippen LogP contribution is -2.38. The number of aromatic nitrogens is 1. The lowest BCUT2D eigenvalue weighted by atomic mass is 10.1. The van der Waals surface area contributed by atoms with Crippen molar-refractivity contribution in [3.05, 3.63) is 70.7 Å². The summed E-state index contributed by atoms with van der Waals surface area (Å²) in [4.78, 5) is 19.2. The molecule has 0 saturated carbocycles. The van der Waals surface area contributed by atoms with E-state index >= 15 is 0 Å². The molecule has 0 radical (unpaired) electrons. The number of rotatable bonds is 5. The van der Waals surface area contributed by atoms with Crippen LogP contribution in [0.1, 0.15) is 21.8 Å². The standard InChI is InChI=1S/C22H22ClN3O2S/c1-15-18(22(27)26-9-11-29-12-10-26)3-2-4-19(15)24-14-21-25-13-20(28-21)16-5-7-17(23)8-6-16/h2-8,13,24H,9-12,14H2,1H3. The lowest BCUT2D eigenvalue weighted by Gasteiger charge is -2.27. The highest BCUT2D eigenvalue weighted by Gasteiger charge is 2.20. The Morgan fingerprint density at radius 3 is 2.72 bits per heavy atom. The number of carbonyl (C=O) groups is 1. The summed E-state index contributed by atoms with van der Waals surface area (Å²) >= 11 is 7.83. The third kappa shape index (κ3) is 4.60. The fourth-order valence-corrected chi connectivity index (χ4v) is 4.34. The molecule has 3 aromatic rings. The molecule has 2 heterocycles. The Morgan fingerprint density at radius 2 is 1.97 bits per heavy atom. The van der Waals surface area contributed by atoms with E-state index in [4.69, 9.17) is 16.0 Å². The topological polar surface area (TPSA) is 58.4 Å². The molecule has 1 aromatic heterocycles. The Morgan fingerprint density at radius 1 is 1.21 bits per heavy atom. The third-order valence-corrected chi connectivity index (χ3v) is 6.17. The van der Waals surface area contributed by atoms with E-state index in [0.29, 0.717) is 23.2 Å². The predicted octanol–water partition coefficient (Wildman–Crippen LogP) is 5.10. The monoisotopic (exact) mass is 427 g/mol. The second kappa shape index (κ2) is 8.93. The molecule has 5 nitrogen and oxygen atoms in total. The highest BCUT2D eigenvalue weighted by atomic mass is 35.5. The number of oxazole rings is 1. The molecular weight excluding hydrogens is 406 g/mol. The number of benzene rings is 2. The summed E-state index contributed by atoms with van der Waals surface area (Å²) in [5.41, 5.74) is 3.53. The van der Waals surface area contributed by atoms with Crippen molar-refractivity contribution < 1.29 is 9.21 Å². The highest BCUT2D eigenvalue weighted by Crippen LogP contribution is 2.25. The van der Waals surface area contributed by atoms with E-state index in [9.17, 15) is 4.79 Å². The molecule has 0 atom stereocenters. The molecule has 150 valence electrons. The quantitative estimate of drug-likeness (QED) is 0.613. The summed E-state index contributed by atoms with van der Waals surface area (Å²) in [6.07, 6.45) is 1.71. The smallest absolute Gasteiger partial charge is 0.254 e. The van der Waals surface area contributed by atoms with Gasteiger partial charge in [0.2, 0.25) is 5.89 Å². The molecule has 1 aliphatic heterocycles. The largest absolute Gasteiger partial charge is 0.439 e. The van der Waals surface area contributed by atoms with Gasteiger partial charge in [-0.3, -0.25) is 4.79 Å². The van der Waals surface area contributed by atoms with Crippen LogP contribution in [0.25, 0.3) is 11.3 Å². The summed E-state index contributed by atoms with van der Waals surface area (Å²) in [6.45, 7) is 4.03. The van der Waals surface area contributed by atoms with Gasteiger partial charge in [-0.1, -0.05) is 17.7 Å². The molecule has 0 bridgehead atoms. The van der Waals surface area contributed by atoms with Gasteiger partial charge >= 0.3 is 0 Å². The van der Waals surface area contributed by atoms with Crippen molar-refractivity contribution in [2.45, 2.75) is 13.5 Å². The molecule has 1 N–H and O–H groups in total. The molecule has 4 rings (SSSR count). The van der Waals surface area contributed by atoms with Crippen LogP contribution in [-0.2, 0) is 6.54 Å². The zero-order chi connectivity index (χ0) is 20.2. The van der Waals surface area contributed by atoms with Crippen LogP contribution in [0, 0.1) is 6.92 Å². The first-order valence-corrected chi connectivity index (χ1v) is 11.1. The van der Waals surface area contributed by atoms with Gasteiger partial charge in [-0.15, -0.1) is 0 Å². The van der Waals surface area contributed by atoms with Gasteiger partial charge in [0.25, 0.3) is 5.91 Å². The van der Waals surface area contributed by atoms with Crippen LogP contribution in [0.3, 0.4) is 0 Å². The summed E-state index contributed by atoms with van der Waals surface area (Å²) in [7, 11) is 0. The minimum Gasteiger partial charge on any atom is -0.439 e. The average molecular weight is 428 g/mol. The maximum Gasteiger partial charge on any atom is 0.254 e. The number of amides is 1. The number of halogens is 1.